The maximum Gasteiger partial charge on any atom is 0.416 e. The van der Waals surface area contributed by atoms with Crippen molar-refractivity contribution in [3.05, 3.63) is 100 Å². The van der Waals surface area contributed by atoms with Gasteiger partial charge in [-0.25, -0.2) is 9.59 Å². The predicted molar refractivity (Wildman–Crippen MR) is 168 cm³/mol. The summed E-state index contributed by atoms with van der Waals surface area (Å²) in [6, 6.07) is 7.90. The van der Waals surface area contributed by atoms with Crippen LogP contribution in [0.4, 0.5) is 44.3 Å². The molecule has 5 nitrogen and oxygen atoms in total. The fraction of sp³-hybridized carbons (Fsp3) is 0.389. The Kier molecular flexibility index (Phi) is 10.5. The fourth-order valence-corrected chi connectivity index (χ4v) is 6.06. The smallest absolute Gasteiger partial charge is 0.416 e. The lowest BCUT2D eigenvalue weighted by Gasteiger charge is -2.35. The van der Waals surface area contributed by atoms with Gasteiger partial charge in [0.25, 0.3) is 0 Å². The first-order valence-corrected chi connectivity index (χ1v) is 15.3. The first kappa shape index (κ1) is 38.3. The zero-order valence-corrected chi connectivity index (χ0v) is 27.4. The van der Waals surface area contributed by atoms with Gasteiger partial charge >= 0.3 is 30.6 Å². The standard InChI is InChI=1S/C36H34F9NO4/c1-19(12-27(35(40,41)42)13-20(2)34(37,38)39)30-21(3)46(32(49)50-30)18-26-17-33(4,5)11-10-29(26)25-14-24(15-28(16-25)36(43,44)45)22-6-8-23(9-7-22)31(47)48/h6-9,12-16,21,30H,1,10-11,17-18H2,2-5H3,(H,47,48)/b20-13+,27-12+/t21-,30+/m0/s1. The molecule has 270 valence electrons. The van der Waals surface area contributed by atoms with E-state index in [1.165, 1.54) is 36.1 Å². The summed E-state index contributed by atoms with van der Waals surface area (Å²) in [4.78, 5) is 25.6. The molecule has 1 saturated heterocycles. The van der Waals surface area contributed by atoms with Crippen molar-refractivity contribution in [2.45, 2.75) is 77.6 Å². The molecule has 14 heteroatoms. The Morgan fingerprint density at radius 2 is 1.56 bits per heavy atom. The van der Waals surface area contributed by atoms with Crippen molar-refractivity contribution in [1.82, 2.24) is 4.90 Å². The van der Waals surface area contributed by atoms with Gasteiger partial charge in [0.05, 0.1) is 22.7 Å². The molecule has 2 aliphatic rings. The largest absolute Gasteiger partial charge is 0.478 e. The summed E-state index contributed by atoms with van der Waals surface area (Å²) in [5.41, 5.74) is -3.00. The summed E-state index contributed by atoms with van der Waals surface area (Å²) in [5, 5.41) is 9.23. The highest BCUT2D eigenvalue weighted by Gasteiger charge is 2.43. The summed E-state index contributed by atoms with van der Waals surface area (Å²) < 4.78 is 128. The van der Waals surface area contributed by atoms with E-state index in [0.717, 1.165) is 12.1 Å². The minimum Gasteiger partial charge on any atom is -0.478 e. The number of amides is 1. The van der Waals surface area contributed by atoms with E-state index in [1.54, 1.807) is 6.07 Å². The monoisotopic (exact) mass is 715 g/mol. The number of hydrogen-bond donors (Lipinski definition) is 1. The summed E-state index contributed by atoms with van der Waals surface area (Å²) >= 11 is 0. The van der Waals surface area contributed by atoms with E-state index in [2.05, 4.69) is 6.58 Å². The van der Waals surface area contributed by atoms with Crippen LogP contribution in [-0.4, -0.2) is 53.1 Å². The zero-order valence-electron chi connectivity index (χ0n) is 27.4. The Balaban J connectivity index is 1.74. The highest BCUT2D eigenvalue weighted by atomic mass is 19.4. The van der Waals surface area contributed by atoms with Crippen LogP contribution in [0.3, 0.4) is 0 Å². The number of cyclic esters (lactones) is 1. The molecule has 1 fully saturated rings. The number of allylic oxidation sites excluding steroid dienone is 4. The topological polar surface area (TPSA) is 66.8 Å². The van der Waals surface area contributed by atoms with Gasteiger partial charge in [0.15, 0.2) is 0 Å². The summed E-state index contributed by atoms with van der Waals surface area (Å²) in [7, 11) is 0. The summed E-state index contributed by atoms with van der Waals surface area (Å²) in [5.74, 6) is -1.20. The number of hydrogen-bond acceptors (Lipinski definition) is 3. The van der Waals surface area contributed by atoms with E-state index in [0.29, 0.717) is 49.0 Å². The lowest BCUT2D eigenvalue weighted by atomic mass is 9.72. The Morgan fingerprint density at radius 3 is 2.10 bits per heavy atom. The number of carbonyl (C=O) groups is 2. The Bertz CT molecular complexity index is 1760. The molecule has 4 rings (SSSR count). The number of aromatic carboxylic acids is 1. The van der Waals surface area contributed by atoms with E-state index in [1.807, 2.05) is 13.8 Å². The lowest BCUT2D eigenvalue weighted by Crippen LogP contribution is -2.37. The fourth-order valence-electron chi connectivity index (χ4n) is 6.06. The second kappa shape index (κ2) is 13.7. The molecule has 0 unspecified atom stereocenters. The van der Waals surface area contributed by atoms with Crippen molar-refractivity contribution in [3.63, 3.8) is 0 Å². The van der Waals surface area contributed by atoms with Gasteiger partial charge in [-0.05, 0) is 114 Å². The van der Waals surface area contributed by atoms with Crippen molar-refractivity contribution in [2.75, 3.05) is 6.54 Å². The number of carbonyl (C=O) groups excluding carboxylic acids is 1. The molecular formula is C36H34F9NO4. The average molecular weight is 716 g/mol. The molecule has 0 spiro atoms. The van der Waals surface area contributed by atoms with Gasteiger partial charge < -0.3 is 9.84 Å². The molecule has 0 bridgehead atoms. The van der Waals surface area contributed by atoms with Crippen LogP contribution in [0, 0.1) is 5.41 Å². The molecule has 2 atom stereocenters. The van der Waals surface area contributed by atoms with Crippen molar-refractivity contribution in [1.29, 1.82) is 0 Å². The van der Waals surface area contributed by atoms with Crippen LogP contribution >= 0.6 is 0 Å². The zero-order chi connectivity index (χ0) is 37.6. The van der Waals surface area contributed by atoms with Crippen molar-refractivity contribution in [2.24, 2.45) is 5.41 Å². The van der Waals surface area contributed by atoms with Gasteiger partial charge in [-0.1, -0.05) is 32.6 Å². The molecular weight excluding hydrogens is 681 g/mol. The van der Waals surface area contributed by atoms with Crippen LogP contribution in [0.2, 0.25) is 0 Å². The second-order valence-electron chi connectivity index (χ2n) is 13.3. The number of benzene rings is 2. The molecule has 2 aromatic carbocycles. The SMILES string of the molecule is C=C(/C=C(\C=C(/C)C(F)(F)F)C(F)(F)F)[C@H]1OC(=O)N(CC2=C(c3cc(-c4ccc(C(=O)O)cc4)cc(C(F)(F)F)c3)CCC(C)(C)C2)[C@H]1C. The van der Waals surface area contributed by atoms with E-state index < -0.39 is 65.0 Å². The van der Waals surface area contributed by atoms with Gasteiger partial charge in [-0.15, -0.1) is 0 Å². The number of alkyl halides is 9. The van der Waals surface area contributed by atoms with Crippen LogP contribution in [0.25, 0.3) is 16.7 Å². The quantitative estimate of drug-likeness (QED) is 0.218. The van der Waals surface area contributed by atoms with E-state index in [4.69, 9.17) is 4.74 Å². The van der Waals surface area contributed by atoms with E-state index in [9.17, 15) is 54.2 Å². The van der Waals surface area contributed by atoms with Crippen molar-refractivity contribution < 1.29 is 58.9 Å². The molecule has 1 heterocycles. The lowest BCUT2D eigenvalue weighted by molar-refractivity contribution is -0.137. The molecule has 50 heavy (non-hydrogen) atoms. The number of halogens is 9. The van der Waals surface area contributed by atoms with E-state index in [-0.39, 0.29) is 34.7 Å². The molecule has 1 aliphatic carbocycles. The molecule has 1 N–H and O–H groups in total. The highest BCUT2D eigenvalue weighted by Crippen LogP contribution is 2.45. The first-order chi connectivity index (χ1) is 22.9. The summed E-state index contributed by atoms with van der Waals surface area (Å²) in [6.07, 6.45) is -15.6. The van der Waals surface area contributed by atoms with Gasteiger partial charge in [-0.2, -0.15) is 39.5 Å². The van der Waals surface area contributed by atoms with Gasteiger partial charge in [0, 0.05) is 12.1 Å². The number of ether oxygens (including phenoxy) is 1. The third-order valence-corrected chi connectivity index (χ3v) is 8.85. The maximum absolute atomic E-state index is 14.2. The summed E-state index contributed by atoms with van der Waals surface area (Å²) in [6.45, 7) is 9.26. The third kappa shape index (κ3) is 8.80. The number of carboxylic acids is 1. The van der Waals surface area contributed by atoms with Crippen molar-refractivity contribution >= 4 is 17.6 Å². The second-order valence-corrected chi connectivity index (χ2v) is 13.3. The van der Waals surface area contributed by atoms with Gasteiger partial charge in [-0.3, -0.25) is 4.90 Å². The maximum atomic E-state index is 14.2. The molecule has 0 radical (unpaired) electrons. The third-order valence-electron chi connectivity index (χ3n) is 8.85. The molecule has 1 aliphatic heterocycles. The predicted octanol–water partition coefficient (Wildman–Crippen LogP) is 10.8. The van der Waals surface area contributed by atoms with Crippen LogP contribution < -0.4 is 0 Å². The van der Waals surface area contributed by atoms with Crippen LogP contribution in [0.5, 0.6) is 0 Å². The minimum absolute atomic E-state index is 0.0499. The molecule has 0 aromatic heterocycles. The van der Waals surface area contributed by atoms with Crippen LogP contribution in [0.15, 0.2) is 83.5 Å². The van der Waals surface area contributed by atoms with Gasteiger partial charge in [0.1, 0.15) is 6.10 Å². The number of rotatable bonds is 8. The van der Waals surface area contributed by atoms with E-state index >= 15 is 0 Å². The Labute approximate surface area is 282 Å². The first-order valence-electron chi connectivity index (χ1n) is 15.3. The normalized spacial score (nSPS) is 20.7. The molecule has 2 aromatic rings. The molecule has 0 saturated carbocycles. The Hall–Kier alpha value is -4.49. The molecule has 1 amide bonds. The average Bonchev–Trinajstić information content (AvgIpc) is 3.27. The highest BCUT2D eigenvalue weighted by molar-refractivity contribution is 5.88. The van der Waals surface area contributed by atoms with Crippen LogP contribution in [0.1, 0.15) is 68.4 Å². The van der Waals surface area contributed by atoms with Crippen molar-refractivity contribution in [3.8, 4) is 11.1 Å². The number of nitrogens with zero attached hydrogens (tertiary/aromatic N) is 1. The van der Waals surface area contributed by atoms with Gasteiger partial charge in [0.2, 0.25) is 0 Å². The van der Waals surface area contributed by atoms with Crippen LogP contribution in [-0.2, 0) is 10.9 Å². The number of carboxylic acid groups (broad SMARTS) is 1. The minimum atomic E-state index is -5.18. The Morgan fingerprint density at radius 1 is 0.960 bits per heavy atom.